The maximum Gasteiger partial charge on any atom is 0.407 e. The van der Waals surface area contributed by atoms with Crippen LogP contribution < -0.4 is 5.32 Å². The molecule has 0 saturated heterocycles. The molecule has 0 fully saturated rings. The molecular formula is C16H21NO6. The third kappa shape index (κ3) is 5.71. The molecule has 2 unspecified atom stereocenters. The molecule has 0 aliphatic rings. The van der Waals surface area contributed by atoms with Crippen molar-refractivity contribution in [2.45, 2.75) is 39.0 Å². The summed E-state index contributed by atoms with van der Waals surface area (Å²) in [5.41, 5.74) is 0.809. The minimum absolute atomic E-state index is 0.0702. The highest BCUT2D eigenvalue weighted by molar-refractivity contribution is 6.33. The standard InChI is InChI=1S/C16H21NO6/c1-3-12(14(19)15(20)21)13(18)10(2)17-16(22)23-9-11-7-5-4-6-8-11/h4-8,10,12-13,18H,3,9H2,1-2H3,(H,17,22)(H,20,21)/t10-,12?,13?/m0/s1. The Hall–Kier alpha value is -2.41. The molecule has 0 aliphatic carbocycles. The molecule has 1 aromatic carbocycles. The monoisotopic (exact) mass is 323 g/mol. The van der Waals surface area contributed by atoms with Crippen LogP contribution in [-0.2, 0) is 20.9 Å². The van der Waals surface area contributed by atoms with Crippen LogP contribution in [-0.4, -0.2) is 40.2 Å². The maximum atomic E-state index is 11.7. The number of carbonyl (C=O) groups excluding carboxylic acids is 2. The highest BCUT2D eigenvalue weighted by Gasteiger charge is 2.33. The first-order chi connectivity index (χ1) is 10.9. The largest absolute Gasteiger partial charge is 0.475 e. The average molecular weight is 323 g/mol. The van der Waals surface area contributed by atoms with Gasteiger partial charge in [-0.15, -0.1) is 0 Å². The molecule has 126 valence electrons. The Morgan fingerprint density at radius 1 is 1.22 bits per heavy atom. The van der Waals surface area contributed by atoms with Crippen LogP contribution in [0.3, 0.4) is 0 Å². The number of benzene rings is 1. The zero-order valence-electron chi connectivity index (χ0n) is 13.1. The average Bonchev–Trinajstić information content (AvgIpc) is 2.54. The van der Waals surface area contributed by atoms with E-state index in [0.717, 1.165) is 5.56 Å². The smallest absolute Gasteiger partial charge is 0.407 e. The number of ether oxygens (including phenoxy) is 1. The number of Topliss-reactive ketones (excluding diaryl/α,β-unsaturated/α-hetero) is 1. The molecule has 0 bridgehead atoms. The van der Waals surface area contributed by atoms with Gasteiger partial charge in [-0.25, -0.2) is 9.59 Å². The number of hydrogen-bond acceptors (Lipinski definition) is 5. The first kappa shape index (κ1) is 18.6. The molecule has 1 aromatic rings. The number of alkyl carbamates (subject to hydrolysis) is 1. The summed E-state index contributed by atoms with van der Waals surface area (Å²) < 4.78 is 5.01. The number of ketones is 1. The van der Waals surface area contributed by atoms with Gasteiger partial charge in [-0.2, -0.15) is 0 Å². The number of carbonyl (C=O) groups is 3. The van der Waals surface area contributed by atoms with E-state index in [0.29, 0.717) is 0 Å². The van der Waals surface area contributed by atoms with Crippen molar-refractivity contribution in [3.05, 3.63) is 35.9 Å². The third-order valence-corrected chi connectivity index (χ3v) is 3.47. The van der Waals surface area contributed by atoms with Gasteiger partial charge in [0.05, 0.1) is 18.1 Å². The van der Waals surface area contributed by atoms with E-state index in [1.807, 2.05) is 18.2 Å². The first-order valence-corrected chi connectivity index (χ1v) is 7.29. The van der Waals surface area contributed by atoms with Crippen molar-refractivity contribution in [3.8, 4) is 0 Å². The fourth-order valence-corrected chi connectivity index (χ4v) is 2.13. The number of amides is 1. The van der Waals surface area contributed by atoms with Crippen LogP contribution >= 0.6 is 0 Å². The lowest BCUT2D eigenvalue weighted by Crippen LogP contribution is -2.47. The van der Waals surface area contributed by atoms with E-state index >= 15 is 0 Å². The van der Waals surface area contributed by atoms with Crippen molar-refractivity contribution in [3.63, 3.8) is 0 Å². The van der Waals surface area contributed by atoms with Crippen LogP contribution in [0.15, 0.2) is 30.3 Å². The van der Waals surface area contributed by atoms with E-state index in [2.05, 4.69) is 5.32 Å². The molecule has 0 heterocycles. The van der Waals surface area contributed by atoms with E-state index < -0.39 is 35.9 Å². The second-order valence-corrected chi connectivity index (χ2v) is 5.17. The summed E-state index contributed by atoms with van der Waals surface area (Å²) in [6.45, 7) is 3.14. The van der Waals surface area contributed by atoms with E-state index in [-0.39, 0.29) is 13.0 Å². The zero-order valence-corrected chi connectivity index (χ0v) is 13.1. The van der Waals surface area contributed by atoms with Gasteiger partial charge in [-0.1, -0.05) is 37.3 Å². The molecule has 23 heavy (non-hydrogen) atoms. The predicted octanol–water partition coefficient (Wildman–Crippen LogP) is 1.34. The van der Waals surface area contributed by atoms with Gasteiger partial charge in [0.1, 0.15) is 6.61 Å². The molecule has 1 rings (SSSR count). The van der Waals surface area contributed by atoms with Crippen molar-refractivity contribution in [1.29, 1.82) is 0 Å². The molecule has 7 nitrogen and oxygen atoms in total. The molecule has 1 amide bonds. The van der Waals surface area contributed by atoms with Crippen LogP contribution in [0.5, 0.6) is 0 Å². The van der Waals surface area contributed by atoms with E-state index in [1.54, 1.807) is 19.1 Å². The molecule has 0 aliphatic heterocycles. The van der Waals surface area contributed by atoms with Crippen molar-refractivity contribution < 1.29 is 29.3 Å². The maximum absolute atomic E-state index is 11.7. The van der Waals surface area contributed by atoms with Crippen LogP contribution in [0.25, 0.3) is 0 Å². The Bertz CT molecular complexity index is 545. The number of hydrogen-bond donors (Lipinski definition) is 3. The second kappa shape index (κ2) is 8.89. The van der Waals surface area contributed by atoms with Crippen molar-refractivity contribution in [1.82, 2.24) is 5.32 Å². The van der Waals surface area contributed by atoms with Gasteiger partial charge < -0.3 is 20.3 Å². The Morgan fingerprint density at radius 3 is 2.35 bits per heavy atom. The molecular weight excluding hydrogens is 302 g/mol. The van der Waals surface area contributed by atoms with Crippen LogP contribution in [0, 0.1) is 5.92 Å². The summed E-state index contributed by atoms with van der Waals surface area (Å²) in [6.07, 6.45) is -1.91. The SMILES string of the molecule is CCC(C(=O)C(=O)O)C(O)[C@H](C)NC(=O)OCc1ccccc1. The van der Waals surface area contributed by atoms with Gasteiger partial charge in [-0.3, -0.25) is 4.79 Å². The molecule has 0 saturated carbocycles. The van der Waals surface area contributed by atoms with Crippen LogP contribution in [0.1, 0.15) is 25.8 Å². The molecule has 0 aromatic heterocycles. The number of aliphatic carboxylic acids is 1. The number of nitrogens with one attached hydrogen (secondary N) is 1. The number of rotatable bonds is 8. The highest BCUT2D eigenvalue weighted by Crippen LogP contribution is 2.14. The Morgan fingerprint density at radius 2 is 1.83 bits per heavy atom. The van der Waals surface area contributed by atoms with Crippen LogP contribution in [0.4, 0.5) is 4.79 Å². The fraction of sp³-hybridized carbons (Fsp3) is 0.438. The van der Waals surface area contributed by atoms with E-state index in [4.69, 9.17) is 9.84 Å². The van der Waals surface area contributed by atoms with Gasteiger partial charge in [0.25, 0.3) is 0 Å². The van der Waals surface area contributed by atoms with E-state index in [1.165, 1.54) is 6.92 Å². The van der Waals surface area contributed by atoms with Gasteiger partial charge in [-0.05, 0) is 18.9 Å². The lowest BCUT2D eigenvalue weighted by molar-refractivity contribution is -0.153. The summed E-state index contributed by atoms with van der Waals surface area (Å²) in [7, 11) is 0. The summed E-state index contributed by atoms with van der Waals surface area (Å²) in [6, 6.07) is 8.23. The van der Waals surface area contributed by atoms with Crippen molar-refractivity contribution in [2.24, 2.45) is 5.92 Å². The summed E-state index contributed by atoms with van der Waals surface area (Å²) in [4.78, 5) is 33.9. The Kier molecular flexibility index (Phi) is 7.21. The van der Waals surface area contributed by atoms with Crippen LogP contribution in [0.2, 0.25) is 0 Å². The number of carboxylic acid groups (broad SMARTS) is 1. The Balaban J connectivity index is 2.53. The summed E-state index contributed by atoms with van der Waals surface area (Å²) in [5.74, 6) is -3.77. The lowest BCUT2D eigenvalue weighted by Gasteiger charge is -2.25. The topological polar surface area (TPSA) is 113 Å². The normalized spacial score (nSPS) is 14.4. The molecule has 3 atom stereocenters. The predicted molar refractivity (Wildman–Crippen MR) is 81.7 cm³/mol. The van der Waals surface area contributed by atoms with Gasteiger partial charge in [0.2, 0.25) is 5.78 Å². The molecule has 0 spiro atoms. The second-order valence-electron chi connectivity index (χ2n) is 5.17. The third-order valence-electron chi connectivity index (χ3n) is 3.47. The number of carboxylic acids is 1. The van der Waals surface area contributed by atoms with Gasteiger partial charge in [0.15, 0.2) is 0 Å². The minimum atomic E-state index is -1.60. The molecule has 0 radical (unpaired) electrons. The molecule has 7 heteroatoms. The quantitative estimate of drug-likeness (QED) is 0.622. The van der Waals surface area contributed by atoms with Crippen molar-refractivity contribution in [2.75, 3.05) is 0 Å². The van der Waals surface area contributed by atoms with Crippen molar-refractivity contribution >= 4 is 17.8 Å². The summed E-state index contributed by atoms with van der Waals surface area (Å²) in [5, 5.41) is 21.2. The Labute approximate surface area is 134 Å². The number of aliphatic hydroxyl groups excluding tert-OH is 1. The van der Waals surface area contributed by atoms with Gasteiger partial charge >= 0.3 is 12.1 Å². The first-order valence-electron chi connectivity index (χ1n) is 7.29. The highest BCUT2D eigenvalue weighted by atomic mass is 16.5. The van der Waals surface area contributed by atoms with E-state index in [9.17, 15) is 19.5 Å². The van der Waals surface area contributed by atoms with Gasteiger partial charge in [0, 0.05) is 0 Å². The fourth-order valence-electron chi connectivity index (χ4n) is 2.13. The zero-order chi connectivity index (χ0) is 17.4. The summed E-state index contributed by atoms with van der Waals surface area (Å²) >= 11 is 0. The molecule has 3 N–H and O–H groups in total. The number of aliphatic hydroxyl groups is 1. The minimum Gasteiger partial charge on any atom is -0.475 e. The lowest BCUT2D eigenvalue weighted by atomic mass is 9.90.